The summed E-state index contributed by atoms with van der Waals surface area (Å²) in [6, 6.07) is 0. The molecule has 3 nitrogen and oxygen atoms in total. The monoisotopic (exact) mass is 265 g/mol. The van der Waals surface area contributed by atoms with Gasteiger partial charge in [0, 0.05) is 0 Å². The van der Waals surface area contributed by atoms with E-state index in [1.807, 2.05) is 0 Å². The predicted molar refractivity (Wildman–Crippen MR) is 57.8 cm³/mol. The number of ether oxygens (including phenoxy) is 1. The number of thioether (sulfide) groups is 1. The maximum absolute atomic E-state index is 10.9. The molecule has 0 aliphatic heterocycles. The Kier molecular flexibility index (Phi) is 6.29. The lowest BCUT2D eigenvalue weighted by Crippen LogP contribution is -2.41. The van der Waals surface area contributed by atoms with E-state index >= 15 is 0 Å². The van der Waals surface area contributed by atoms with Crippen molar-refractivity contribution in [3.8, 4) is 0 Å². The van der Waals surface area contributed by atoms with Crippen LogP contribution in [0.5, 0.6) is 0 Å². The highest BCUT2D eigenvalue weighted by Gasteiger charge is 2.33. The Morgan fingerprint density at radius 3 is 2.46 bits per heavy atom. The molecule has 0 aromatic rings. The normalized spacial score (nSPS) is 13.6. The second-order valence-electron chi connectivity index (χ2n) is 2.02. The Balaban J connectivity index is 4.06. The van der Waals surface area contributed by atoms with Crippen molar-refractivity contribution < 1.29 is 9.53 Å². The van der Waals surface area contributed by atoms with Crippen molar-refractivity contribution in [3.05, 3.63) is 0 Å². The van der Waals surface area contributed by atoms with Gasteiger partial charge in [0.15, 0.2) is 0 Å². The smallest absolute Gasteiger partial charge is 0.408 e. The van der Waals surface area contributed by atoms with Gasteiger partial charge in [0.2, 0.25) is 3.79 Å². The average molecular weight is 267 g/mol. The first-order valence-corrected chi connectivity index (χ1v) is 5.86. The maximum atomic E-state index is 10.9. The number of alkyl carbamates (subject to hydrolysis) is 1. The van der Waals surface area contributed by atoms with E-state index in [4.69, 9.17) is 34.8 Å². The first-order valence-electron chi connectivity index (χ1n) is 3.44. The molecule has 1 atom stereocenters. The van der Waals surface area contributed by atoms with Crippen LogP contribution < -0.4 is 5.32 Å². The molecular weight excluding hydrogens is 256 g/mol. The highest BCUT2D eigenvalue weighted by Crippen LogP contribution is 2.34. The molecule has 78 valence electrons. The first kappa shape index (κ1) is 13.5. The number of amides is 1. The van der Waals surface area contributed by atoms with Crippen molar-refractivity contribution in [2.75, 3.05) is 12.9 Å². The summed E-state index contributed by atoms with van der Waals surface area (Å²) >= 11 is 18.0. The van der Waals surface area contributed by atoms with Gasteiger partial charge in [-0.2, -0.15) is 0 Å². The lowest BCUT2D eigenvalue weighted by Gasteiger charge is -2.22. The minimum Gasteiger partial charge on any atom is -0.450 e. The van der Waals surface area contributed by atoms with Crippen LogP contribution in [0.2, 0.25) is 0 Å². The molecule has 0 bridgehead atoms. The van der Waals surface area contributed by atoms with Crippen molar-refractivity contribution in [1.82, 2.24) is 5.32 Å². The molecule has 1 N–H and O–H groups in total. The largest absolute Gasteiger partial charge is 0.450 e. The third-order valence-electron chi connectivity index (χ3n) is 1.06. The maximum Gasteiger partial charge on any atom is 0.408 e. The number of hydrogen-bond donors (Lipinski definition) is 1. The second-order valence-corrected chi connectivity index (χ2v) is 5.33. The van der Waals surface area contributed by atoms with E-state index in [0.717, 1.165) is 0 Å². The van der Waals surface area contributed by atoms with Gasteiger partial charge < -0.3 is 10.1 Å². The molecule has 1 amide bonds. The number of alkyl halides is 3. The summed E-state index contributed by atoms with van der Waals surface area (Å²) in [5.41, 5.74) is 0. The molecule has 0 aromatic carbocycles. The molecule has 0 saturated heterocycles. The van der Waals surface area contributed by atoms with Crippen molar-refractivity contribution in [1.29, 1.82) is 0 Å². The molecule has 0 radical (unpaired) electrons. The fourth-order valence-corrected chi connectivity index (χ4v) is 2.00. The van der Waals surface area contributed by atoms with Gasteiger partial charge in [-0.15, -0.1) is 11.8 Å². The van der Waals surface area contributed by atoms with Crippen molar-refractivity contribution >= 4 is 52.7 Å². The third kappa shape index (κ3) is 5.73. The van der Waals surface area contributed by atoms with Gasteiger partial charge >= 0.3 is 6.09 Å². The standard InChI is InChI=1S/C6H10Cl3NO2S/c1-3-12-5(11)10-4(13-2)6(7,8)9/h4H,3H2,1-2H3,(H,10,11)/t4-/m0/s1. The van der Waals surface area contributed by atoms with Crippen LogP contribution in [-0.2, 0) is 4.74 Å². The van der Waals surface area contributed by atoms with Gasteiger partial charge in [0.05, 0.1) is 6.61 Å². The number of rotatable bonds is 3. The summed E-state index contributed by atoms with van der Waals surface area (Å²) in [6.45, 7) is 1.98. The molecule has 0 fully saturated rings. The van der Waals surface area contributed by atoms with Crippen molar-refractivity contribution in [3.63, 3.8) is 0 Å². The Bertz CT molecular complexity index is 174. The van der Waals surface area contributed by atoms with Gasteiger partial charge in [0.1, 0.15) is 5.37 Å². The first-order chi connectivity index (χ1) is 5.91. The number of nitrogens with one attached hydrogen (secondary N) is 1. The predicted octanol–water partition coefficient (Wildman–Crippen LogP) is 2.79. The summed E-state index contributed by atoms with van der Waals surface area (Å²) in [5.74, 6) is 0. The quantitative estimate of drug-likeness (QED) is 0.630. The third-order valence-corrected chi connectivity index (χ3v) is 3.04. The zero-order chi connectivity index (χ0) is 10.5. The van der Waals surface area contributed by atoms with Crippen LogP contribution in [0.25, 0.3) is 0 Å². The SMILES string of the molecule is CCOC(=O)N[C@@H](SC)C(Cl)(Cl)Cl. The summed E-state index contributed by atoms with van der Waals surface area (Å²) in [4.78, 5) is 10.9. The molecule has 0 saturated carbocycles. The molecule has 13 heavy (non-hydrogen) atoms. The van der Waals surface area contributed by atoms with Gasteiger partial charge in [-0.1, -0.05) is 34.8 Å². The van der Waals surface area contributed by atoms with E-state index in [1.54, 1.807) is 13.2 Å². The molecule has 0 aliphatic carbocycles. The minimum atomic E-state index is -1.54. The highest BCUT2D eigenvalue weighted by molar-refractivity contribution is 7.99. The Morgan fingerprint density at radius 2 is 2.15 bits per heavy atom. The van der Waals surface area contributed by atoms with E-state index in [0.29, 0.717) is 0 Å². The van der Waals surface area contributed by atoms with Crippen LogP contribution in [-0.4, -0.2) is 28.1 Å². The number of hydrogen-bond acceptors (Lipinski definition) is 3. The molecular formula is C6H10Cl3NO2S. The molecule has 0 rings (SSSR count). The van der Waals surface area contributed by atoms with E-state index in [1.165, 1.54) is 11.8 Å². The summed E-state index contributed by atoms with van der Waals surface area (Å²) in [6.07, 6.45) is 1.13. The minimum absolute atomic E-state index is 0.285. The van der Waals surface area contributed by atoms with E-state index in [9.17, 15) is 4.79 Å². The van der Waals surface area contributed by atoms with Crippen molar-refractivity contribution in [2.45, 2.75) is 16.1 Å². The van der Waals surface area contributed by atoms with E-state index < -0.39 is 15.3 Å². The Labute approximate surface area is 96.4 Å². The van der Waals surface area contributed by atoms with Crippen LogP contribution in [0.1, 0.15) is 6.92 Å². The van der Waals surface area contributed by atoms with Crippen LogP contribution in [0, 0.1) is 0 Å². The molecule has 0 heterocycles. The van der Waals surface area contributed by atoms with Crippen LogP contribution in [0.3, 0.4) is 0 Å². The summed E-state index contributed by atoms with van der Waals surface area (Å²) in [5, 5.41) is 1.80. The second kappa shape index (κ2) is 6.06. The summed E-state index contributed by atoms with van der Waals surface area (Å²) in [7, 11) is 0. The zero-order valence-corrected chi connectivity index (χ0v) is 10.2. The van der Waals surface area contributed by atoms with Crippen LogP contribution >= 0.6 is 46.6 Å². The number of carbonyl (C=O) groups excluding carboxylic acids is 1. The van der Waals surface area contributed by atoms with Gasteiger partial charge in [-0.05, 0) is 13.2 Å². The van der Waals surface area contributed by atoms with Crippen molar-refractivity contribution in [2.24, 2.45) is 0 Å². The van der Waals surface area contributed by atoms with E-state index in [2.05, 4.69) is 10.1 Å². The Hall–Kier alpha value is 0.490. The summed E-state index contributed by atoms with van der Waals surface area (Å²) < 4.78 is 3.09. The van der Waals surface area contributed by atoms with Crippen LogP contribution in [0.4, 0.5) is 4.79 Å². The highest BCUT2D eigenvalue weighted by atomic mass is 35.6. The van der Waals surface area contributed by atoms with E-state index in [-0.39, 0.29) is 6.61 Å². The number of halogens is 3. The lowest BCUT2D eigenvalue weighted by molar-refractivity contribution is 0.151. The Morgan fingerprint density at radius 1 is 1.62 bits per heavy atom. The van der Waals surface area contributed by atoms with Gasteiger partial charge in [-0.3, -0.25) is 0 Å². The molecule has 0 aliphatic rings. The lowest BCUT2D eigenvalue weighted by atomic mass is 10.7. The van der Waals surface area contributed by atoms with Gasteiger partial charge in [-0.25, -0.2) is 4.79 Å². The topological polar surface area (TPSA) is 38.3 Å². The average Bonchev–Trinajstić information content (AvgIpc) is 1.98. The molecule has 7 heteroatoms. The number of carbonyl (C=O) groups is 1. The van der Waals surface area contributed by atoms with Gasteiger partial charge in [0.25, 0.3) is 0 Å². The zero-order valence-electron chi connectivity index (χ0n) is 7.14. The fourth-order valence-electron chi connectivity index (χ4n) is 0.554. The molecule has 0 aromatic heterocycles. The van der Waals surface area contributed by atoms with Crippen LogP contribution in [0.15, 0.2) is 0 Å². The molecule has 0 unspecified atom stereocenters. The molecule has 0 spiro atoms. The fraction of sp³-hybridized carbons (Fsp3) is 0.833.